The topological polar surface area (TPSA) is 82.0 Å². The van der Waals surface area contributed by atoms with E-state index in [4.69, 9.17) is 5.26 Å². The van der Waals surface area contributed by atoms with Crippen LogP contribution in [-0.2, 0) is 16.0 Å². The van der Waals surface area contributed by atoms with Crippen LogP contribution in [0.25, 0.3) is 0 Å². The van der Waals surface area contributed by atoms with Gasteiger partial charge >= 0.3 is 0 Å². The lowest BCUT2D eigenvalue weighted by molar-refractivity contribution is -0.116. The van der Waals surface area contributed by atoms with Crippen LogP contribution in [0.4, 0.5) is 11.4 Å². The molecule has 1 heterocycles. The molecule has 0 bridgehead atoms. The Hall–Kier alpha value is -2.78. The molecular formula is C18H15N3O2S. The van der Waals surface area contributed by atoms with E-state index in [2.05, 4.69) is 16.7 Å². The minimum Gasteiger partial charge on any atom is -0.326 e. The molecule has 0 saturated heterocycles. The van der Waals surface area contributed by atoms with Gasteiger partial charge in [0.15, 0.2) is 0 Å². The summed E-state index contributed by atoms with van der Waals surface area (Å²) in [5.41, 5.74) is 3.03. The number of hydrogen-bond acceptors (Lipinski definition) is 4. The van der Waals surface area contributed by atoms with E-state index >= 15 is 0 Å². The maximum atomic E-state index is 12.1. The Morgan fingerprint density at radius 1 is 1.25 bits per heavy atom. The van der Waals surface area contributed by atoms with E-state index in [1.165, 1.54) is 11.8 Å². The molecule has 1 aliphatic heterocycles. The van der Waals surface area contributed by atoms with Gasteiger partial charge in [-0.15, -0.1) is 11.8 Å². The average molecular weight is 337 g/mol. The zero-order chi connectivity index (χ0) is 16.9. The first kappa shape index (κ1) is 16.1. The fourth-order valence-corrected chi connectivity index (χ4v) is 3.18. The van der Waals surface area contributed by atoms with Crippen molar-refractivity contribution in [2.24, 2.45) is 0 Å². The number of rotatable bonds is 4. The monoisotopic (exact) mass is 337 g/mol. The number of fused-ring (bicyclic) bond motifs is 1. The highest BCUT2D eigenvalue weighted by Gasteiger charge is 2.15. The third-order valence-corrected chi connectivity index (χ3v) is 4.69. The average Bonchev–Trinajstić information content (AvgIpc) is 2.60. The number of hydrogen-bond donors (Lipinski definition) is 2. The van der Waals surface area contributed by atoms with Gasteiger partial charge in [-0.3, -0.25) is 9.59 Å². The quantitative estimate of drug-likeness (QED) is 0.898. The van der Waals surface area contributed by atoms with Crippen molar-refractivity contribution in [1.29, 1.82) is 5.26 Å². The molecule has 0 fully saturated rings. The predicted octanol–water partition coefficient (Wildman–Crippen LogP) is 3.17. The molecule has 3 rings (SSSR count). The van der Waals surface area contributed by atoms with Gasteiger partial charge in [0.2, 0.25) is 11.8 Å². The minimum atomic E-state index is -0.0888. The van der Waals surface area contributed by atoms with Crippen molar-refractivity contribution in [3.63, 3.8) is 0 Å². The summed E-state index contributed by atoms with van der Waals surface area (Å²) in [6, 6.07) is 14.8. The van der Waals surface area contributed by atoms with Crippen LogP contribution in [0.2, 0.25) is 0 Å². The summed E-state index contributed by atoms with van der Waals surface area (Å²) in [6.07, 6.45) is 0.958. The highest BCUT2D eigenvalue weighted by atomic mass is 32.2. The van der Waals surface area contributed by atoms with Gasteiger partial charge in [-0.25, -0.2) is 0 Å². The Morgan fingerprint density at radius 2 is 2.04 bits per heavy atom. The van der Waals surface area contributed by atoms with Gasteiger partial charge in [0.05, 0.1) is 23.1 Å². The van der Waals surface area contributed by atoms with E-state index < -0.39 is 0 Å². The predicted molar refractivity (Wildman–Crippen MR) is 93.9 cm³/mol. The first-order valence-electron chi connectivity index (χ1n) is 7.49. The Balaban J connectivity index is 1.57. The first-order valence-corrected chi connectivity index (χ1v) is 8.48. The Morgan fingerprint density at radius 3 is 2.79 bits per heavy atom. The standard InChI is InChI=1S/C18H15N3O2S/c19-10-13-3-1-12(2-4-13)5-8-17(22)20-14-6-7-16-15(9-14)21-18(23)11-24-16/h1-4,6-7,9H,5,8,11H2,(H,20,22)(H,21,23). The number of amides is 2. The van der Waals surface area contributed by atoms with Crippen molar-refractivity contribution in [1.82, 2.24) is 0 Å². The lowest BCUT2D eigenvalue weighted by atomic mass is 10.1. The van der Waals surface area contributed by atoms with Crippen molar-refractivity contribution < 1.29 is 9.59 Å². The van der Waals surface area contributed by atoms with Crippen molar-refractivity contribution >= 4 is 35.0 Å². The molecular weight excluding hydrogens is 322 g/mol. The molecule has 1 aliphatic rings. The van der Waals surface area contributed by atoms with Crippen molar-refractivity contribution in [3.8, 4) is 6.07 Å². The van der Waals surface area contributed by atoms with Crippen molar-refractivity contribution in [2.45, 2.75) is 17.7 Å². The van der Waals surface area contributed by atoms with E-state index in [1.807, 2.05) is 24.3 Å². The second-order valence-corrected chi connectivity index (χ2v) is 6.42. The van der Waals surface area contributed by atoms with Crippen LogP contribution < -0.4 is 10.6 Å². The first-order chi connectivity index (χ1) is 11.6. The molecule has 120 valence electrons. The second-order valence-electron chi connectivity index (χ2n) is 5.40. The molecule has 2 amide bonds. The number of nitrogens with one attached hydrogen (secondary N) is 2. The summed E-state index contributed by atoms with van der Waals surface area (Å²) in [5.74, 6) is 0.300. The zero-order valence-corrected chi connectivity index (χ0v) is 13.7. The van der Waals surface area contributed by atoms with Gasteiger partial charge in [0, 0.05) is 17.0 Å². The van der Waals surface area contributed by atoms with Crippen LogP contribution >= 0.6 is 11.8 Å². The van der Waals surface area contributed by atoms with Crippen LogP contribution in [0.1, 0.15) is 17.5 Å². The number of thioether (sulfide) groups is 1. The Labute approximate surface area is 144 Å². The van der Waals surface area contributed by atoms with Gasteiger partial charge in [-0.1, -0.05) is 12.1 Å². The highest BCUT2D eigenvalue weighted by Crippen LogP contribution is 2.33. The van der Waals surface area contributed by atoms with E-state index in [-0.39, 0.29) is 11.8 Å². The molecule has 0 saturated carbocycles. The Bertz CT molecular complexity index is 825. The SMILES string of the molecule is N#Cc1ccc(CCC(=O)Nc2ccc3c(c2)NC(=O)CS3)cc1. The number of aryl methyl sites for hydroxylation is 1. The lowest BCUT2D eigenvalue weighted by Crippen LogP contribution is -2.19. The van der Waals surface area contributed by atoms with Gasteiger partial charge in [0.1, 0.15) is 0 Å². The van der Waals surface area contributed by atoms with Gasteiger partial charge in [-0.2, -0.15) is 5.26 Å². The zero-order valence-electron chi connectivity index (χ0n) is 12.8. The number of carbonyl (C=O) groups is 2. The van der Waals surface area contributed by atoms with Gasteiger partial charge < -0.3 is 10.6 Å². The number of benzene rings is 2. The molecule has 2 aromatic carbocycles. The fraction of sp³-hybridized carbons (Fsp3) is 0.167. The molecule has 5 nitrogen and oxygen atoms in total. The van der Waals surface area contributed by atoms with E-state index in [1.54, 1.807) is 18.2 Å². The second kappa shape index (κ2) is 7.20. The number of carbonyl (C=O) groups excluding carboxylic acids is 2. The summed E-state index contributed by atoms with van der Waals surface area (Å²) < 4.78 is 0. The van der Waals surface area contributed by atoms with Gasteiger partial charge in [-0.05, 0) is 42.3 Å². The molecule has 0 atom stereocenters. The summed E-state index contributed by atoms with van der Waals surface area (Å²) in [4.78, 5) is 24.5. The van der Waals surface area contributed by atoms with E-state index in [0.717, 1.165) is 16.1 Å². The summed E-state index contributed by atoms with van der Waals surface area (Å²) in [6.45, 7) is 0. The number of nitrogens with zero attached hydrogens (tertiary/aromatic N) is 1. The molecule has 0 aliphatic carbocycles. The lowest BCUT2D eigenvalue weighted by Gasteiger charge is -2.17. The maximum absolute atomic E-state index is 12.1. The minimum absolute atomic E-state index is 0.0307. The molecule has 0 spiro atoms. The summed E-state index contributed by atoms with van der Waals surface area (Å²) in [7, 11) is 0. The van der Waals surface area contributed by atoms with Crippen molar-refractivity contribution in [3.05, 3.63) is 53.6 Å². The summed E-state index contributed by atoms with van der Waals surface area (Å²) in [5, 5.41) is 14.4. The molecule has 2 N–H and O–H groups in total. The molecule has 0 unspecified atom stereocenters. The maximum Gasteiger partial charge on any atom is 0.234 e. The normalized spacial score (nSPS) is 12.7. The van der Waals surface area contributed by atoms with E-state index in [9.17, 15) is 9.59 Å². The smallest absolute Gasteiger partial charge is 0.234 e. The van der Waals surface area contributed by atoms with Crippen LogP contribution in [0, 0.1) is 11.3 Å². The van der Waals surface area contributed by atoms with E-state index in [0.29, 0.717) is 29.8 Å². The van der Waals surface area contributed by atoms with Crippen LogP contribution in [0.15, 0.2) is 47.4 Å². The number of anilines is 2. The third kappa shape index (κ3) is 3.94. The van der Waals surface area contributed by atoms with Crippen molar-refractivity contribution in [2.75, 3.05) is 16.4 Å². The molecule has 0 aromatic heterocycles. The highest BCUT2D eigenvalue weighted by molar-refractivity contribution is 8.00. The van der Waals surface area contributed by atoms with Crippen LogP contribution in [0.3, 0.4) is 0 Å². The molecule has 0 radical (unpaired) electrons. The van der Waals surface area contributed by atoms with Gasteiger partial charge in [0.25, 0.3) is 0 Å². The van der Waals surface area contributed by atoms with Crippen LogP contribution in [-0.4, -0.2) is 17.6 Å². The fourth-order valence-electron chi connectivity index (χ4n) is 2.39. The Kier molecular flexibility index (Phi) is 4.82. The largest absolute Gasteiger partial charge is 0.326 e. The molecule has 2 aromatic rings. The molecule has 6 heteroatoms. The van der Waals surface area contributed by atoms with Crippen LogP contribution in [0.5, 0.6) is 0 Å². The molecule has 24 heavy (non-hydrogen) atoms. The number of nitriles is 1. The third-order valence-electron chi connectivity index (χ3n) is 3.62. The summed E-state index contributed by atoms with van der Waals surface area (Å²) >= 11 is 1.49.